The lowest BCUT2D eigenvalue weighted by atomic mass is 9.82. The third kappa shape index (κ3) is 3.77. The van der Waals surface area contributed by atoms with Crippen molar-refractivity contribution in [2.24, 2.45) is 7.05 Å². The van der Waals surface area contributed by atoms with E-state index >= 15 is 0 Å². The zero-order valence-corrected chi connectivity index (χ0v) is 17.1. The lowest BCUT2D eigenvalue weighted by Crippen LogP contribution is -2.58. The second kappa shape index (κ2) is 7.95. The number of nitrogens with one attached hydrogen (secondary N) is 1. The number of aryl methyl sites for hydroxylation is 1. The Bertz CT molecular complexity index is 918. The first-order valence-corrected chi connectivity index (χ1v) is 10.4. The standard InChI is InChI=1S/C20H28N8O/c1-15(19(29)25-20(13-21)6-4-3-5-7-20)27-8-10-28(11-9-27)18-16-12-24-26(2)17(16)22-14-23-18/h12,14-15H,3-11H2,1-2H3,(H,25,29). The van der Waals surface area contributed by atoms with Crippen LogP contribution in [-0.4, -0.2) is 68.3 Å². The number of amides is 1. The van der Waals surface area contributed by atoms with Gasteiger partial charge in [0.25, 0.3) is 0 Å². The smallest absolute Gasteiger partial charge is 0.238 e. The molecular formula is C20H28N8O. The fraction of sp³-hybridized carbons (Fsp3) is 0.650. The van der Waals surface area contributed by atoms with Crippen molar-refractivity contribution in [3.05, 3.63) is 12.5 Å². The number of nitriles is 1. The van der Waals surface area contributed by atoms with Gasteiger partial charge in [-0.2, -0.15) is 10.4 Å². The highest BCUT2D eigenvalue weighted by Crippen LogP contribution is 2.28. The molecule has 1 aliphatic heterocycles. The number of piperazine rings is 1. The van der Waals surface area contributed by atoms with Gasteiger partial charge in [0, 0.05) is 33.2 Å². The van der Waals surface area contributed by atoms with Gasteiger partial charge in [0.2, 0.25) is 5.91 Å². The van der Waals surface area contributed by atoms with Gasteiger partial charge in [-0.05, 0) is 19.8 Å². The van der Waals surface area contributed by atoms with Crippen LogP contribution in [0.2, 0.25) is 0 Å². The summed E-state index contributed by atoms with van der Waals surface area (Å²) in [5.41, 5.74) is 0.137. The number of hydrogen-bond acceptors (Lipinski definition) is 7. The molecule has 29 heavy (non-hydrogen) atoms. The molecule has 0 aromatic carbocycles. The molecule has 2 aromatic heterocycles. The van der Waals surface area contributed by atoms with Gasteiger partial charge < -0.3 is 10.2 Å². The number of nitrogens with zero attached hydrogens (tertiary/aromatic N) is 7. The molecule has 1 amide bonds. The number of aromatic nitrogens is 4. The highest BCUT2D eigenvalue weighted by Gasteiger charge is 2.36. The minimum Gasteiger partial charge on any atom is -0.353 e. The van der Waals surface area contributed by atoms with Crippen LogP contribution < -0.4 is 10.2 Å². The molecule has 154 valence electrons. The van der Waals surface area contributed by atoms with E-state index in [0.29, 0.717) is 0 Å². The first-order valence-electron chi connectivity index (χ1n) is 10.4. The predicted molar refractivity (Wildman–Crippen MR) is 109 cm³/mol. The third-order valence-electron chi connectivity index (χ3n) is 6.33. The average molecular weight is 396 g/mol. The molecule has 0 bridgehead atoms. The van der Waals surface area contributed by atoms with Crippen molar-refractivity contribution in [1.82, 2.24) is 30.0 Å². The summed E-state index contributed by atoms with van der Waals surface area (Å²) in [6.45, 7) is 5.02. The van der Waals surface area contributed by atoms with Crippen molar-refractivity contribution in [2.45, 2.75) is 50.6 Å². The topological polar surface area (TPSA) is 103 Å². The first-order chi connectivity index (χ1) is 14.0. The minimum absolute atomic E-state index is 0.0430. The van der Waals surface area contributed by atoms with Crippen LogP contribution in [0, 0.1) is 11.3 Å². The molecule has 2 fully saturated rings. The molecule has 1 unspecified atom stereocenters. The monoisotopic (exact) mass is 396 g/mol. The lowest BCUT2D eigenvalue weighted by Gasteiger charge is -2.39. The van der Waals surface area contributed by atoms with E-state index in [1.807, 2.05) is 14.0 Å². The Hall–Kier alpha value is -2.73. The molecule has 0 spiro atoms. The summed E-state index contributed by atoms with van der Waals surface area (Å²) >= 11 is 0. The van der Waals surface area contributed by atoms with E-state index in [1.165, 1.54) is 0 Å². The van der Waals surface area contributed by atoms with E-state index in [9.17, 15) is 10.1 Å². The SMILES string of the molecule is CC(C(=O)NC1(C#N)CCCCC1)N1CCN(c2ncnc3c2cnn3C)CC1. The summed E-state index contributed by atoms with van der Waals surface area (Å²) in [5, 5.41) is 17.9. The molecule has 2 aliphatic rings. The summed E-state index contributed by atoms with van der Waals surface area (Å²) in [4.78, 5) is 26.0. The van der Waals surface area contributed by atoms with E-state index in [1.54, 1.807) is 17.2 Å². The summed E-state index contributed by atoms with van der Waals surface area (Å²) in [7, 11) is 1.87. The number of hydrogen-bond donors (Lipinski definition) is 1. The molecule has 0 radical (unpaired) electrons. The van der Waals surface area contributed by atoms with Gasteiger partial charge in [0.1, 0.15) is 17.7 Å². The van der Waals surface area contributed by atoms with Gasteiger partial charge in [0.15, 0.2) is 5.65 Å². The Labute approximate surface area is 170 Å². The largest absolute Gasteiger partial charge is 0.353 e. The molecular weight excluding hydrogens is 368 g/mol. The van der Waals surface area contributed by atoms with Gasteiger partial charge in [0.05, 0.1) is 23.7 Å². The summed E-state index contributed by atoms with van der Waals surface area (Å²) in [6.07, 6.45) is 8.04. The molecule has 4 rings (SSSR count). The van der Waals surface area contributed by atoms with Crippen molar-refractivity contribution in [2.75, 3.05) is 31.1 Å². The van der Waals surface area contributed by atoms with Crippen molar-refractivity contribution in [3.63, 3.8) is 0 Å². The zero-order chi connectivity index (χ0) is 20.4. The van der Waals surface area contributed by atoms with E-state index in [4.69, 9.17) is 0 Å². The van der Waals surface area contributed by atoms with E-state index < -0.39 is 5.54 Å². The van der Waals surface area contributed by atoms with Crippen LogP contribution in [0.4, 0.5) is 5.82 Å². The van der Waals surface area contributed by atoms with Crippen LogP contribution in [0.5, 0.6) is 0 Å². The molecule has 2 aromatic rings. The van der Waals surface area contributed by atoms with Crippen LogP contribution in [0.1, 0.15) is 39.0 Å². The maximum atomic E-state index is 12.9. The Morgan fingerprint density at radius 2 is 1.93 bits per heavy atom. The van der Waals surface area contributed by atoms with E-state index in [0.717, 1.165) is 75.1 Å². The fourth-order valence-corrected chi connectivity index (χ4v) is 4.45. The number of carbonyl (C=O) groups is 1. The molecule has 1 saturated carbocycles. The van der Waals surface area contributed by atoms with Crippen molar-refractivity contribution in [3.8, 4) is 6.07 Å². The average Bonchev–Trinajstić information content (AvgIpc) is 3.15. The minimum atomic E-state index is -0.682. The highest BCUT2D eigenvalue weighted by molar-refractivity contribution is 5.86. The Balaban J connectivity index is 1.38. The van der Waals surface area contributed by atoms with Crippen LogP contribution in [0.15, 0.2) is 12.5 Å². The van der Waals surface area contributed by atoms with Crippen LogP contribution >= 0.6 is 0 Å². The second-order valence-electron chi connectivity index (χ2n) is 8.15. The maximum Gasteiger partial charge on any atom is 0.238 e. The van der Waals surface area contributed by atoms with E-state index in [-0.39, 0.29) is 11.9 Å². The van der Waals surface area contributed by atoms with E-state index in [2.05, 4.69) is 36.3 Å². The summed E-state index contributed by atoms with van der Waals surface area (Å²) in [5.74, 6) is 0.851. The molecule has 1 atom stereocenters. The maximum absolute atomic E-state index is 12.9. The quantitative estimate of drug-likeness (QED) is 0.829. The van der Waals surface area contributed by atoms with Gasteiger partial charge in [-0.25, -0.2) is 9.97 Å². The lowest BCUT2D eigenvalue weighted by molar-refractivity contribution is -0.127. The number of fused-ring (bicyclic) bond motifs is 1. The summed E-state index contributed by atoms with van der Waals surface area (Å²) < 4.78 is 1.75. The normalized spacial score (nSPS) is 20.9. The number of carbonyl (C=O) groups excluding carboxylic acids is 1. The van der Waals surface area contributed by atoms with Crippen molar-refractivity contribution in [1.29, 1.82) is 5.26 Å². The molecule has 1 aliphatic carbocycles. The second-order valence-corrected chi connectivity index (χ2v) is 8.15. The third-order valence-corrected chi connectivity index (χ3v) is 6.33. The molecule has 9 nitrogen and oxygen atoms in total. The first kappa shape index (κ1) is 19.6. The van der Waals surface area contributed by atoms with Crippen molar-refractivity contribution >= 4 is 22.8 Å². The van der Waals surface area contributed by atoms with Crippen LogP contribution in [0.3, 0.4) is 0 Å². The van der Waals surface area contributed by atoms with Gasteiger partial charge >= 0.3 is 0 Å². The number of rotatable bonds is 4. The summed E-state index contributed by atoms with van der Waals surface area (Å²) in [6, 6.07) is 2.12. The van der Waals surface area contributed by atoms with Crippen molar-refractivity contribution < 1.29 is 4.79 Å². The Kier molecular flexibility index (Phi) is 5.37. The predicted octanol–water partition coefficient (Wildman–Crippen LogP) is 1.22. The fourth-order valence-electron chi connectivity index (χ4n) is 4.45. The molecule has 3 heterocycles. The van der Waals surface area contributed by atoms with Gasteiger partial charge in [-0.15, -0.1) is 0 Å². The molecule has 1 saturated heterocycles. The molecule has 9 heteroatoms. The Morgan fingerprint density at radius 1 is 1.21 bits per heavy atom. The Morgan fingerprint density at radius 3 is 2.62 bits per heavy atom. The molecule has 1 N–H and O–H groups in total. The van der Waals surface area contributed by atoms with Gasteiger partial charge in [-0.1, -0.05) is 19.3 Å². The number of anilines is 1. The van der Waals surface area contributed by atoms with Gasteiger partial charge in [-0.3, -0.25) is 14.4 Å². The zero-order valence-electron chi connectivity index (χ0n) is 17.1. The van der Waals surface area contributed by atoms with Crippen LogP contribution in [0.25, 0.3) is 11.0 Å². The van der Waals surface area contributed by atoms with Crippen LogP contribution in [-0.2, 0) is 11.8 Å². The highest BCUT2D eigenvalue weighted by atomic mass is 16.2.